The van der Waals surface area contributed by atoms with Crippen LogP contribution in [0, 0.1) is 0 Å². The van der Waals surface area contributed by atoms with Crippen molar-refractivity contribution < 1.29 is 26.4 Å². The lowest BCUT2D eigenvalue weighted by molar-refractivity contribution is -0.117. The van der Waals surface area contributed by atoms with Gasteiger partial charge in [0.2, 0.25) is 5.91 Å². The first-order valence-corrected chi connectivity index (χ1v) is 13.8. The number of ether oxygens (including phenoxy) is 1. The van der Waals surface area contributed by atoms with E-state index in [0.29, 0.717) is 41.5 Å². The van der Waals surface area contributed by atoms with Crippen LogP contribution < -0.4 is 19.1 Å². The van der Waals surface area contributed by atoms with Crippen LogP contribution in [-0.2, 0) is 24.8 Å². The molecule has 1 aliphatic rings. The molecule has 3 aromatic rings. The second-order valence-corrected chi connectivity index (χ2v) is 11.5. The highest BCUT2D eigenvalue weighted by atomic mass is 35.5. The molecule has 0 atom stereocenters. The van der Waals surface area contributed by atoms with E-state index in [1.54, 1.807) is 12.1 Å². The molecule has 4 rings (SSSR count). The van der Waals surface area contributed by atoms with Gasteiger partial charge < -0.3 is 9.64 Å². The van der Waals surface area contributed by atoms with Crippen LogP contribution in [0.1, 0.15) is 12.8 Å². The molecule has 9 nitrogen and oxygen atoms in total. The summed E-state index contributed by atoms with van der Waals surface area (Å²) in [6.45, 7) is 0.478. The lowest BCUT2D eigenvalue weighted by Crippen LogP contribution is -2.25. The Bertz CT molecular complexity index is 1460. The molecule has 1 heterocycles. The maximum absolute atomic E-state index is 13.0. The molecule has 2 N–H and O–H groups in total. The van der Waals surface area contributed by atoms with Crippen molar-refractivity contribution in [2.75, 3.05) is 28.0 Å². The predicted molar refractivity (Wildman–Crippen MR) is 134 cm³/mol. The van der Waals surface area contributed by atoms with E-state index in [4.69, 9.17) is 16.3 Å². The number of methoxy groups -OCH3 is 1. The molecule has 1 amide bonds. The van der Waals surface area contributed by atoms with Crippen LogP contribution in [0.2, 0.25) is 5.02 Å². The van der Waals surface area contributed by atoms with Gasteiger partial charge in [-0.25, -0.2) is 16.8 Å². The minimum Gasteiger partial charge on any atom is -0.495 e. The van der Waals surface area contributed by atoms with E-state index >= 15 is 0 Å². The molecule has 0 bridgehead atoms. The largest absolute Gasteiger partial charge is 0.495 e. The summed E-state index contributed by atoms with van der Waals surface area (Å²) in [5.74, 6) is 0.289. The lowest BCUT2D eigenvalue weighted by Gasteiger charge is -2.20. The zero-order valence-electron chi connectivity index (χ0n) is 18.6. The van der Waals surface area contributed by atoms with Gasteiger partial charge in [-0.2, -0.15) is 0 Å². The van der Waals surface area contributed by atoms with Crippen LogP contribution >= 0.6 is 11.6 Å². The molecule has 0 radical (unpaired) electrons. The van der Waals surface area contributed by atoms with Crippen LogP contribution in [0.3, 0.4) is 0 Å². The third-order valence-electron chi connectivity index (χ3n) is 5.34. The molecule has 0 spiro atoms. The quantitative estimate of drug-likeness (QED) is 0.448. The van der Waals surface area contributed by atoms with Crippen molar-refractivity contribution in [2.45, 2.75) is 22.6 Å². The van der Waals surface area contributed by atoms with E-state index < -0.39 is 20.0 Å². The molecule has 0 aliphatic carbocycles. The highest BCUT2D eigenvalue weighted by Crippen LogP contribution is 2.34. The average molecular weight is 536 g/mol. The van der Waals surface area contributed by atoms with Crippen molar-refractivity contribution in [2.24, 2.45) is 0 Å². The van der Waals surface area contributed by atoms with Gasteiger partial charge in [0.05, 0.1) is 22.6 Å². The third-order valence-corrected chi connectivity index (χ3v) is 8.37. The van der Waals surface area contributed by atoms with E-state index in [1.807, 2.05) is 0 Å². The molecule has 3 aromatic carbocycles. The number of hydrogen-bond donors (Lipinski definition) is 2. The number of amides is 1. The van der Waals surface area contributed by atoms with Crippen LogP contribution in [0.25, 0.3) is 0 Å². The number of nitrogens with zero attached hydrogens (tertiary/aromatic N) is 1. The van der Waals surface area contributed by atoms with Gasteiger partial charge in [-0.3, -0.25) is 14.2 Å². The standard InChI is InChI=1S/C23H22ClN3O6S2/c1-33-22-13-12-20(15-21(22)27-14-2-3-23(27)28)35(31,32)26-18-8-10-19(11-9-18)34(29,30)25-17-6-4-16(24)5-7-17/h4-13,15,25-26H,2-3,14H2,1H3. The molecule has 1 aliphatic heterocycles. The van der Waals surface area contributed by atoms with Gasteiger partial charge in [0.1, 0.15) is 5.75 Å². The first-order chi connectivity index (χ1) is 16.6. The normalized spacial score (nSPS) is 14.1. The number of nitrogens with one attached hydrogen (secondary N) is 2. The van der Waals surface area contributed by atoms with Crippen LogP contribution in [-0.4, -0.2) is 36.4 Å². The molecule has 12 heteroatoms. The van der Waals surface area contributed by atoms with Crippen molar-refractivity contribution in [3.8, 4) is 5.75 Å². The Morgan fingerprint density at radius 3 is 1.91 bits per heavy atom. The minimum atomic E-state index is -4.03. The van der Waals surface area contributed by atoms with Crippen LogP contribution in [0.15, 0.2) is 76.5 Å². The Hall–Kier alpha value is -3.28. The fourth-order valence-corrected chi connectivity index (χ4v) is 5.86. The summed E-state index contributed by atoms with van der Waals surface area (Å²) in [7, 11) is -6.47. The maximum Gasteiger partial charge on any atom is 0.261 e. The number of carbonyl (C=O) groups excluding carboxylic acids is 1. The van der Waals surface area contributed by atoms with Crippen molar-refractivity contribution >= 4 is 54.6 Å². The van der Waals surface area contributed by atoms with Gasteiger partial charge in [0, 0.05) is 29.4 Å². The molecule has 0 saturated carbocycles. The average Bonchev–Trinajstić information content (AvgIpc) is 3.25. The van der Waals surface area contributed by atoms with E-state index in [1.165, 1.54) is 66.6 Å². The van der Waals surface area contributed by atoms with E-state index in [-0.39, 0.29) is 21.4 Å². The highest BCUT2D eigenvalue weighted by Gasteiger charge is 2.27. The fourth-order valence-electron chi connectivity index (χ4n) is 3.60. The van der Waals surface area contributed by atoms with Crippen molar-refractivity contribution in [3.63, 3.8) is 0 Å². The van der Waals surface area contributed by atoms with E-state index in [0.717, 1.165) is 0 Å². The second-order valence-electron chi connectivity index (χ2n) is 7.72. The number of carbonyl (C=O) groups is 1. The maximum atomic E-state index is 13.0. The van der Waals surface area contributed by atoms with Gasteiger partial charge in [-0.05, 0) is 73.2 Å². The second kappa shape index (κ2) is 9.76. The Morgan fingerprint density at radius 1 is 0.829 bits per heavy atom. The van der Waals surface area contributed by atoms with Crippen molar-refractivity contribution in [1.29, 1.82) is 0 Å². The summed E-state index contributed by atoms with van der Waals surface area (Å²) < 4.78 is 61.4. The topological polar surface area (TPSA) is 122 Å². The Balaban J connectivity index is 1.54. The molecule has 1 fully saturated rings. The summed E-state index contributed by atoms with van der Waals surface area (Å²) in [4.78, 5) is 13.6. The smallest absolute Gasteiger partial charge is 0.261 e. The lowest BCUT2D eigenvalue weighted by atomic mass is 10.2. The zero-order valence-corrected chi connectivity index (χ0v) is 21.0. The number of rotatable bonds is 8. The third kappa shape index (κ3) is 5.53. The Labute approximate surface area is 208 Å². The molecular formula is C23H22ClN3O6S2. The summed E-state index contributed by atoms with van der Waals surface area (Å²) >= 11 is 5.82. The number of benzene rings is 3. The molecule has 35 heavy (non-hydrogen) atoms. The molecule has 184 valence electrons. The monoisotopic (exact) mass is 535 g/mol. The van der Waals surface area contributed by atoms with Crippen LogP contribution in [0.4, 0.5) is 17.1 Å². The van der Waals surface area contributed by atoms with Gasteiger partial charge in [-0.15, -0.1) is 0 Å². The molecular weight excluding hydrogens is 514 g/mol. The summed E-state index contributed by atoms with van der Waals surface area (Å²) in [5, 5.41) is 0.473. The van der Waals surface area contributed by atoms with E-state index in [9.17, 15) is 21.6 Å². The molecule has 0 aromatic heterocycles. The first-order valence-electron chi connectivity index (χ1n) is 10.5. The summed E-state index contributed by atoms with van der Waals surface area (Å²) in [6.07, 6.45) is 1.07. The number of halogens is 1. The Morgan fingerprint density at radius 2 is 1.37 bits per heavy atom. The molecule has 1 saturated heterocycles. The van der Waals surface area contributed by atoms with E-state index in [2.05, 4.69) is 9.44 Å². The summed E-state index contributed by atoms with van der Waals surface area (Å²) in [6, 6.07) is 15.7. The van der Waals surface area contributed by atoms with Gasteiger partial charge in [-0.1, -0.05) is 11.6 Å². The number of sulfonamides is 2. The fraction of sp³-hybridized carbons (Fsp3) is 0.174. The van der Waals surface area contributed by atoms with Crippen LogP contribution in [0.5, 0.6) is 5.75 Å². The van der Waals surface area contributed by atoms with Crippen molar-refractivity contribution in [1.82, 2.24) is 0 Å². The Kier molecular flexibility index (Phi) is 6.93. The number of anilines is 3. The van der Waals surface area contributed by atoms with Gasteiger partial charge in [0.25, 0.3) is 20.0 Å². The zero-order chi connectivity index (χ0) is 25.2. The minimum absolute atomic E-state index is 0.0466. The van der Waals surface area contributed by atoms with Crippen molar-refractivity contribution in [3.05, 3.63) is 71.8 Å². The SMILES string of the molecule is COc1ccc(S(=O)(=O)Nc2ccc(S(=O)(=O)Nc3ccc(Cl)cc3)cc2)cc1N1CCCC1=O. The predicted octanol–water partition coefficient (Wildman–Crippen LogP) is 4.08. The van der Waals surface area contributed by atoms with Gasteiger partial charge in [0.15, 0.2) is 0 Å². The first kappa shape index (κ1) is 24.8. The van der Waals surface area contributed by atoms with Gasteiger partial charge >= 0.3 is 0 Å². The summed E-state index contributed by atoms with van der Waals surface area (Å²) in [5.41, 5.74) is 0.892. The number of hydrogen-bond acceptors (Lipinski definition) is 6. The molecule has 0 unspecified atom stereocenters. The highest BCUT2D eigenvalue weighted by molar-refractivity contribution is 7.93.